The molecule has 1 amide bonds. The number of rotatable bonds is 4. The third-order valence-electron chi connectivity index (χ3n) is 2.99. The van der Waals surface area contributed by atoms with Gasteiger partial charge in [0.1, 0.15) is 5.75 Å². The van der Waals surface area contributed by atoms with Crippen LogP contribution in [0, 0.1) is 0 Å². The van der Waals surface area contributed by atoms with Crippen molar-refractivity contribution in [2.75, 3.05) is 23.8 Å². The summed E-state index contributed by atoms with van der Waals surface area (Å²) in [5.74, 6) is -0.554. The number of hydrogen-bond donors (Lipinski definition) is 3. The molecule has 0 aliphatic rings. The molecule has 0 aliphatic heterocycles. The van der Waals surface area contributed by atoms with Gasteiger partial charge in [0.05, 0.1) is 23.5 Å². The molecule has 0 aliphatic carbocycles. The van der Waals surface area contributed by atoms with Gasteiger partial charge in [-0.15, -0.1) is 0 Å². The first kappa shape index (κ1) is 15.3. The van der Waals surface area contributed by atoms with E-state index in [0.29, 0.717) is 15.8 Å². The van der Waals surface area contributed by atoms with E-state index in [1.165, 1.54) is 17.0 Å². The van der Waals surface area contributed by atoms with E-state index in [4.69, 9.17) is 5.73 Å². The largest absolute Gasteiger partial charge is 0.507 e. The maximum absolute atomic E-state index is 12.6. The second-order valence-electron chi connectivity index (χ2n) is 4.40. The molecule has 21 heavy (non-hydrogen) atoms. The first-order chi connectivity index (χ1) is 10.0. The van der Waals surface area contributed by atoms with Gasteiger partial charge in [-0.25, -0.2) is 0 Å². The normalized spacial score (nSPS) is 10.4. The van der Waals surface area contributed by atoms with E-state index in [-0.39, 0.29) is 24.5 Å². The predicted octanol–water partition coefficient (Wildman–Crippen LogP) is 2.38. The highest BCUT2D eigenvalue weighted by atomic mass is 79.9. The molecule has 0 radical (unpaired) electrons. The predicted molar refractivity (Wildman–Crippen MR) is 85.4 cm³/mol. The summed E-state index contributed by atoms with van der Waals surface area (Å²) < 4.78 is 0.675. The van der Waals surface area contributed by atoms with Crippen LogP contribution in [0.3, 0.4) is 0 Å². The number of nitrogen functional groups attached to an aromatic ring is 1. The number of hydrogen-bond acceptors (Lipinski definition) is 4. The Bertz CT molecular complexity index is 661. The van der Waals surface area contributed by atoms with Crippen LogP contribution in [0.5, 0.6) is 5.75 Å². The summed E-state index contributed by atoms with van der Waals surface area (Å²) in [6.07, 6.45) is 0. The number of aliphatic hydroxyl groups is 1. The Kier molecular flexibility index (Phi) is 4.82. The zero-order valence-electron chi connectivity index (χ0n) is 11.2. The molecule has 2 aromatic rings. The molecule has 0 unspecified atom stereocenters. The smallest absolute Gasteiger partial charge is 0.262 e. The highest BCUT2D eigenvalue weighted by Gasteiger charge is 2.21. The van der Waals surface area contributed by atoms with Gasteiger partial charge in [0.25, 0.3) is 5.91 Å². The van der Waals surface area contributed by atoms with Crippen molar-refractivity contribution < 1.29 is 15.0 Å². The van der Waals surface area contributed by atoms with Gasteiger partial charge in [-0.05, 0) is 30.3 Å². The van der Waals surface area contributed by atoms with Crippen molar-refractivity contribution >= 4 is 33.2 Å². The van der Waals surface area contributed by atoms with Gasteiger partial charge >= 0.3 is 0 Å². The number of anilines is 2. The van der Waals surface area contributed by atoms with Crippen LogP contribution in [-0.2, 0) is 0 Å². The number of aliphatic hydroxyl groups excluding tert-OH is 1. The number of aromatic hydroxyl groups is 1. The van der Waals surface area contributed by atoms with Crippen LogP contribution in [0.15, 0.2) is 46.9 Å². The lowest BCUT2D eigenvalue weighted by atomic mass is 10.1. The molecular formula is C15H15BrN2O3. The summed E-state index contributed by atoms with van der Waals surface area (Å²) >= 11 is 3.27. The average Bonchev–Trinajstić information content (AvgIpc) is 2.47. The van der Waals surface area contributed by atoms with Crippen LogP contribution in [-0.4, -0.2) is 29.3 Å². The number of phenolic OH excluding ortho intramolecular Hbond substituents is 1. The van der Waals surface area contributed by atoms with Crippen molar-refractivity contribution in [2.45, 2.75) is 0 Å². The van der Waals surface area contributed by atoms with Crippen molar-refractivity contribution in [3.8, 4) is 5.75 Å². The van der Waals surface area contributed by atoms with E-state index >= 15 is 0 Å². The van der Waals surface area contributed by atoms with E-state index in [0.717, 1.165) is 0 Å². The molecule has 5 nitrogen and oxygen atoms in total. The lowest BCUT2D eigenvalue weighted by molar-refractivity contribution is 0.0978. The Morgan fingerprint density at radius 3 is 2.62 bits per heavy atom. The fourth-order valence-electron chi connectivity index (χ4n) is 1.99. The Balaban J connectivity index is 2.45. The van der Waals surface area contributed by atoms with Crippen molar-refractivity contribution in [2.24, 2.45) is 0 Å². The van der Waals surface area contributed by atoms with Crippen molar-refractivity contribution in [1.82, 2.24) is 0 Å². The second-order valence-corrected chi connectivity index (χ2v) is 5.32. The third-order valence-corrected chi connectivity index (χ3v) is 3.48. The quantitative estimate of drug-likeness (QED) is 0.738. The zero-order chi connectivity index (χ0) is 15.4. The maximum Gasteiger partial charge on any atom is 0.262 e. The minimum atomic E-state index is -0.430. The van der Waals surface area contributed by atoms with Gasteiger partial charge in [-0.1, -0.05) is 28.1 Å². The molecule has 2 rings (SSSR count). The summed E-state index contributed by atoms with van der Waals surface area (Å²) in [6.45, 7) is -0.131. The van der Waals surface area contributed by atoms with E-state index in [9.17, 15) is 15.0 Å². The van der Waals surface area contributed by atoms with Gasteiger partial charge in [0.15, 0.2) is 0 Å². The monoisotopic (exact) mass is 350 g/mol. The molecule has 0 saturated carbocycles. The number of nitrogens with zero attached hydrogens (tertiary/aromatic N) is 1. The summed E-state index contributed by atoms with van der Waals surface area (Å²) in [7, 11) is 0. The topological polar surface area (TPSA) is 86.8 Å². The molecule has 0 bridgehead atoms. The molecule has 2 aromatic carbocycles. The SMILES string of the molecule is Nc1ccccc1N(CCO)C(=O)c1cc(Br)ccc1O. The van der Waals surface area contributed by atoms with E-state index < -0.39 is 5.91 Å². The van der Waals surface area contributed by atoms with Crippen molar-refractivity contribution in [3.05, 3.63) is 52.5 Å². The molecule has 0 saturated heterocycles. The molecule has 0 heterocycles. The van der Waals surface area contributed by atoms with Gasteiger partial charge in [0.2, 0.25) is 0 Å². The average molecular weight is 351 g/mol. The number of para-hydroxylation sites is 2. The highest BCUT2D eigenvalue weighted by Crippen LogP contribution is 2.28. The third kappa shape index (κ3) is 3.34. The van der Waals surface area contributed by atoms with Crippen LogP contribution in [0.1, 0.15) is 10.4 Å². The van der Waals surface area contributed by atoms with E-state index in [1.54, 1.807) is 30.3 Å². The highest BCUT2D eigenvalue weighted by molar-refractivity contribution is 9.10. The summed E-state index contributed by atoms with van der Waals surface area (Å²) in [5.41, 5.74) is 6.95. The van der Waals surface area contributed by atoms with Gasteiger partial charge < -0.3 is 20.8 Å². The number of nitrogens with two attached hydrogens (primary N) is 1. The molecule has 0 aromatic heterocycles. The summed E-state index contributed by atoms with van der Waals surface area (Å²) in [4.78, 5) is 14.0. The minimum Gasteiger partial charge on any atom is -0.507 e. The first-order valence-corrected chi connectivity index (χ1v) is 7.09. The Hall–Kier alpha value is -2.05. The van der Waals surface area contributed by atoms with Crippen molar-refractivity contribution in [1.29, 1.82) is 0 Å². The number of benzene rings is 2. The molecule has 0 atom stereocenters. The number of halogens is 1. The van der Waals surface area contributed by atoms with Gasteiger partial charge in [-0.3, -0.25) is 4.79 Å². The second kappa shape index (κ2) is 6.60. The number of phenols is 1. The van der Waals surface area contributed by atoms with E-state index in [1.807, 2.05) is 0 Å². The number of amides is 1. The molecule has 0 fully saturated rings. The van der Waals surface area contributed by atoms with Gasteiger partial charge in [0, 0.05) is 11.0 Å². The standard InChI is InChI=1S/C15H15BrN2O3/c16-10-5-6-14(20)11(9-10)15(21)18(7-8-19)13-4-2-1-3-12(13)17/h1-6,9,19-20H,7-8,17H2. The minimum absolute atomic E-state index is 0.0823. The Morgan fingerprint density at radius 1 is 1.24 bits per heavy atom. The van der Waals surface area contributed by atoms with Crippen LogP contribution < -0.4 is 10.6 Å². The van der Waals surface area contributed by atoms with Crippen LogP contribution in [0.25, 0.3) is 0 Å². The zero-order valence-corrected chi connectivity index (χ0v) is 12.7. The van der Waals surface area contributed by atoms with Crippen LogP contribution >= 0.6 is 15.9 Å². The van der Waals surface area contributed by atoms with Crippen LogP contribution in [0.2, 0.25) is 0 Å². The van der Waals surface area contributed by atoms with Crippen molar-refractivity contribution in [3.63, 3.8) is 0 Å². The molecule has 4 N–H and O–H groups in total. The first-order valence-electron chi connectivity index (χ1n) is 6.30. The lowest BCUT2D eigenvalue weighted by Crippen LogP contribution is -2.34. The molecule has 110 valence electrons. The van der Waals surface area contributed by atoms with Crippen LogP contribution in [0.4, 0.5) is 11.4 Å². The summed E-state index contributed by atoms with van der Waals surface area (Å²) in [5, 5.41) is 19.1. The van der Waals surface area contributed by atoms with E-state index in [2.05, 4.69) is 15.9 Å². The number of carbonyl (C=O) groups is 1. The summed E-state index contributed by atoms with van der Waals surface area (Å²) in [6, 6.07) is 11.5. The molecule has 0 spiro atoms. The Labute approximate surface area is 130 Å². The lowest BCUT2D eigenvalue weighted by Gasteiger charge is -2.23. The van der Waals surface area contributed by atoms with Gasteiger partial charge in [-0.2, -0.15) is 0 Å². The fourth-order valence-corrected chi connectivity index (χ4v) is 2.35. The Morgan fingerprint density at radius 2 is 1.95 bits per heavy atom. The number of carbonyl (C=O) groups excluding carboxylic acids is 1. The molecule has 6 heteroatoms. The fraction of sp³-hybridized carbons (Fsp3) is 0.133. The maximum atomic E-state index is 12.6. The molecular weight excluding hydrogens is 336 g/mol.